The fourth-order valence-corrected chi connectivity index (χ4v) is 6.06. The van der Waals surface area contributed by atoms with Crippen LogP contribution in [0.4, 0.5) is 12.0 Å². The van der Waals surface area contributed by atoms with Gasteiger partial charge in [0, 0.05) is 51.1 Å². The predicted octanol–water partition coefficient (Wildman–Crippen LogP) is 3.08. The molecule has 0 aliphatic carbocycles. The van der Waals surface area contributed by atoms with Crippen molar-refractivity contribution in [3.63, 3.8) is 0 Å². The van der Waals surface area contributed by atoms with Crippen molar-refractivity contribution in [3.8, 4) is 5.75 Å². The van der Waals surface area contributed by atoms with Crippen LogP contribution < -0.4 is 20.3 Å². The second kappa shape index (κ2) is 12.1. The van der Waals surface area contributed by atoms with Gasteiger partial charge in [0.2, 0.25) is 11.9 Å². The normalized spacial score (nSPS) is 25.5. The number of carbonyl (C=O) groups excluding carboxylic acids is 1. The van der Waals surface area contributed by atoms with Gasteiger partial charge in [-0.3, -0.25) is 4.79 Å². The fraction of sp³-hybridized carbons (Fsp3) is 0.750. The van der Waals surface area contributed by atoms with E-state index in [9.17, 15) is 4.79 Å². The molecule has 4 atom stereocenters. The monoisotopic (exact) mass is 540 g/mol. The van der Waals surface area contributed by atoms with Crippen LogP contribution in [0.2, 0.25) is 0 Å². The molecule has 3 saturated heterocycles. The van der Waals surface area contributed by atoms with E-state index in [0.717, 1.165) is 51.1 Å². The highest BCUT2D eigenvalue weighted by Gasteiger charge is 2.39. The van der Waals surface area contributed by atoms with Gasteiger partial charge in [-0.15, -0.1) is 0 Å². The minimum atomic E-state index is -0.100. The Balaban J connectivity index is 1.05. The van der Waals surface area contributed by atoms with Gasteiger partial charge in [-0.05, 0) is 43.4 Å². The molecule has 3 aliphatic heterocycles. The third-order valence-electron chi connectivity index (χ3n) is 8.71. The Hall–Kier alpha value is -2.95. The van der Waals surface area contributed by atoms with Crippen molar-refractivity contribution >= 4 is 17.9 Å². The Labute approximate surface area is 231 Å². The van der Waals surface area contributed by atoms with Gasteiger partial charge in [0.05, 0.1) is 25.0 Å². The van der Waals surface area contributed by atoms with E-state index in [1.54, 1.807) is 12.4 Å². The minimum absolute atomic E-state index is 0.0117. The largest absolute Gasteiger partial charge is 0.490 e. The molecule has 2 aromatic rings. The van der Waals surface area contributed by atoms with Crippen LogP contribution in [-0.2, 0) is 4.79 Å². The zero-order valence-electron chi connectivity index (χ0n) is 23.8. The zero-order chi connectivity index (χ0) is 27.5. The van der Waals surface area contributed by atoms with Crippen LogP contribution in [0, 0.1) is 17.8 Å². The Morgan fingerprint density at radius 2 is 1.82 bits per heavy atom. The van der Waals surface area contributed by atoms with Crippen molar-refractivity contribution in [1.29, 1.82) is 0 Å². The van der Waals surface area contributed by atoms with E-state index >= 15 is 0 Å². The summed E-state index contributed by atoms with van der Waals surface area (Å²) >= 11 is 0. The molecule has 11 nitrogen and oxygen atoms in total. The summed E-state index contributed by atoms with van der Waals surface area (Å²) < 4.78 is 11.5. The van der Waals surface area contributed by atoms with Crippen molar-refractivity contribution < 1.29 is 14.1 Å². The first-order valence-electron chi connectivity index (χ1n) is 14.6. The summed E-state index contributed by atoms with van der Waals surface area (Å²) in [7, 11) is 0. The smallest absolute Gasteiger partial charge is 0.324 e. The lowest BCUT2D eigenvalue weighted by atomic mass is 9.84. The van der Waals surface area contributed by atoms with Gasteiger partial charge in [-0.1, -0.05) is 32.9 Å². The summed E-state index contributed by atoms with van der Waals surface area (Å²) in [6, 6.07) is 0.562. The van der Waals surface area contributed by atoms with Crippen LogP contribution in [0.25, 0.3) is 0 Å². The van der Waals surface area contributed by atoms with E-state index in [1.807, 2.05) is 4.90 Å². The van der Waals surface area contributed by atoms with Crippen molar-refractivity contribution in [3.05, 3.63) is 18.2 Å². The molecule has 2 N–H and O–H groups in total. The lowest BCUT2D eigenvalue weighted by Gasteiger charge is -2.36. The first-order valence-corrected chi connectivity index (χ1v) is 14.6. The molecule has 39 heavy (non-hydrogen) atoms. The predicted molar refractivity (Wildman–Crippen MR) is 149 cm³/mol. The molecule has 5 rings (SSSR count). The molecule has 1 amide bonds. The van der Waals surface area contributed by atoms with Crippen molar-refractivity contribution in [2.45, 2.75) is 77.8 Å². The lowest BCUT2D eigenvalue weighted by Crippen LogP contribution is -2.53. The van der Waals surface area contributed by atoms with E-state index in [-0.39, 0.29) is 23.9 Å². The third kappa shape index (κ3) is 6.45. The zero-order valence-corrected chi connectivity index (χ0v) is 23.8. The first kappa shape index (κ1) is 27.6. The van der Waals surface area contributed by atoms with Gasteiger partial charge >= 0.3 is 6.01 Å². The van der Waals surface area contributed by atoms with Crippen LogP contribution in [0.15, 0.2) is 16.9 Å². The van der Waals surface area contributed by atoms with Gasteiger partial charge in [0.1, 0.15) is 0 Å². The van der Waals surface area contributed by atoms with Gasteiger partial charge in [-0.2, -0.15) is 4.98 Å². The number of ether oxygens (including phenoxy) is 1. The Bertz CT molecular complexity index is 1080. The molecule has 214 valence electrons. The van der Waals surface area contributed by atoms with Gasteiger partial charge in [-0.25, -0.2) is 9.97 Å². The topological polar surface area (TPSA) is 127 Å². The van der Waals surface area contributed by atoms with Gasteiger partial charge < -0.3 is 29.7 Å². The Morgan fingerprint density at radius 1 is 1.08 bits per heavy atom. The van der Waals surface area contributed by atoms with Crippen LogP contribution in [-0.4, -0.2) is 82.3 Å². The SMILES string of the molecule is CC1CCC(=O)N(C2CN(c3ncc(OCCC(C)C4CCN(c5nc(C(C)C)no5)CC4)cn3)CC2N)C1. The molecule has 0 radical (unpaired) electrons. The molecule has 0 aromatic carbocycles. The van der Waals surface area contributed by atoms with Crippen molar-refractivity contribution in [1.82, 2.24) is 25.0 Å². The summed E-state index contributed by atoms with van der Waals surface area (Å²) in [5, 5.41) is 4.10. The number of hydrogen-bond donors (Lipinski definition) is 1. The number of nitrogens with zero attached hydrogens (tertiary/aromatic N) is 7. The summed E-state index contributed by atoms with van der Waals surface area (Å²) in [5.41, 5.74) is 6.45. The lowest BCUT2D eigenvalue weighted by molar-refractivity contribution is -0.137. The standard InChI is InChI=1S/C28H44N8O3/c1-18(2)26-32-28(39-33-26)34-10-7-21(8-11-34)20(4)9-12-38-22-13-30-27(31-14-22)35-16-23(29)24(17-35)36-15-19(3)5-6-25(36)37/h13-14,18-21,23-24H,5-12,15-17,29H2,1-4H3. The highest BCUT2D eigenvalue weighted by Crippen LogP contribution is 2.30. The summed E-state index contributed by atoms with van der Waals surface area (Å²) in [5.74, 6) is 4.30. The van der Waals surface area contributed by atoms with E-state index in [2.05, 4.69) is 57.6 Å². The average molecular weight is 541 g/mol. The van der Waals surface area contributed by atoms with Crippen LogP contribution >= 0.6 is 0 Å². The molecule has 0 bridgehead atoms. The number of rotatable bonds is 9. The summed E-state index contributed by atoms with van der Waals surface area (Å²) in [4.78, 5) is 32.4. The number of anilines is 2. The number of nitrogens with two attached hydrogens (primary N) is 1. The van der Waals surface area contributed by atoms with Crippen molar-refractivity contribution in [2.24, 2.45) is 23.5 Å². The van der Waals surface area contributed by atoms with Gasteiger partial charge in [0.25, 0.3) is 0 Å². The Kier molecular flexibility index (Phi) is 8.54. The number of likely N-dealkylation sites (tertiary alicyclic amines) is 1. The summed E-state index contributed by atoms with van der Waals surface area (Å²) in [6.07, 6.45) is 8.27. The molecule has 3 fully saturated rings. The second-order valence-electron chi connectivity index (χ2n) is 12.1. The van der Waals surface area contributed by atoms with Crippen molar-refractivity contribution in [2.75, 3.05) is 49.1 Å². The number of carbonyl (C=O) groups is 1. The van der Waals surface area contributed by atoms with Crippen LogP contribution in [0.5, 0.6) is 5.75 Å². The van der Waals surface area contributed by atoms with Gasteiger partial charge in [0.15, 0.2) is 11.6 Å². The molecule has 0 saturated carbocycles. The number of piperidine rings is 2. The molecule has 5 heterocycles. The maximum absolute atomic E-state index is 12.5. The molecular formula is C28H44N8O3. The highest BCUT2D eigenvalue weighted by atomic mass is 16.5. The Morgan fingerprint density at radius 3 is 2.51 bits per heavy atom. The summed E-state index contributed by atoms with van der Waals surface area (Å²) in [6.45, 7) is 13.3. The first-order chi connectivity index (χ1) is 18.8. The minimum Gasteiger partial charge on any atom is -0.490 e. The molecular weight excluding hydrogens is 496 g/mol. The van der Waals surface area contributed by atoms with E-state index < -0.39 is 0 Å². The molecule has 0 spiro atoms. The van der Waals surface area contributed by atoms with Crippen LogP contribution in [0.1, 0.15) is 71.5 Å². The van der Waals surface area contributed by atoms with Crippen LogP contribution in [0.3, 0.4) is 0 Å². The molecule has 3 aliphatic rings. The fourth-order valence-electron chi connectivity index (χ4n) is 6.06. The highest BCUT2D eigenvalue weighted by molar-refractivity contribution is 5.77. The average Bonchev–Trinajstić information content (AvgIpc) is 3.58. The maximum atomic E-state index is 12.5. The molecule has 11 heteroatoms. The molecule has 4 unspecified atom stereocenters. The van der Waals surface area contributed by atoms with E-state index in [1.165, 1.54) is 0 Å². The molecule has 2 aromatic heterocycles. The van der Waals surface area contributed by atoms with E-state index in [4.69, 9.17) is 15.0 Å². The number of amides is 1. The number of aromatic nitrogens is 4. The number of hydrogen-bond acceptors (Lipinski definition) is 10. The third-order valence-corrected chi connectivity index (χ3v) is 8.71. The van der Waals surface area contributed by atoms with E-state index in [0.29, 0.717) is 61.6 Å². The quantitative estimate of drug-likeness (QED) is 0.507. The second-order valence-corrected chi connectivity index (χ2v) is 12.1. The maximum Gasteiger partial charge on any atom is 0.324 e.